The number of benzene rings is 1. The third-order valence-corrected chi connectivity index (χ3v) is 5.07. The quantitative estimate of drug-likeness (QED) is 0.803. The molecule has 1 fully saturated rings. The maximum Gasteiger partial charge on any atom is 0.0440 e. The Bertz CT molecular complexity index is 373. The lowest BCUT2D eigenvalue weighted by Gasteiger charge is -2.45. The minimum absolute atomic E-state index is 0.114. The minimum Gasteiger partial charge on any atom is -0.321 e. The van der Waals surface area contributed by atoms with E-state index in [4.69, 9.17) is 5.73 Å². The van der Waals surface area contributed by atoms with Crippen molar-refractivity contribution in [3.05, 3.63) is 35.9 Å². The first-order valence-electron chi connectivity index (χ1n) is 8.06. The Hall–Kier alpha value is -0.820. The van der Waals surface area contributed by atoms with Crippen LogP contribution in [0.25, 0.3) is 0 Å². The van der Waals surface area contributed by atoms with E-state index in [-0.39, 0.29) is 5.54 Å². The van der Waals surface area contributed by atoms with E-state index in [0.717, 1.165) is 12.3 Å². The standard InChI is InChI=1S/C18H29N/c1-3-14-18(19,16-11-6-5-7-12-16)17-13-9-8-10-15(17)4-2/h5-7,11-12,15,17H,3-4,8-10,13-14,19H2,1-2H3. The summed E-state index contributed by atoms with van der Waals surface area (Å²) in [6, 6.07) is 10.8. The molecule has 0 bridgehead atoms. The van der Waals surface area contributed by atoms with E-state index < -0.39 is 0 Å². The normalized spacial score (nSPS) is 26.9. The second-order valence-electron chi connectivity index (χ2n) is 6.22. The van der Waals surface area contributed by atoms with Gasteiger partial charge in [-0.1, -0.05) is 76.3 Å². The van der Waals surface area contributed by atoms with Crippen molar-refractivity contribution in [1.29, 1.82) is 0 Å². The summed E-state index contributed by atoms with van der Waals surface area (Å²) in [5.74, 6) is 1.47. The molecule has 1 aliphatic rings. The fourth-order valence-electron chi connectivity index (χ4n) is 4.08. The molecule has 106 valence electrons. The van der Waals surface area contributed by atoms with Crippen molar-refractivity contribution in [2.75, 3.05) is 0 Å². The molecule has 0 aromatic heterocycles. The zero-order valence-corrected chi connectivity index (χ0v) is 12.6. The molecule has 1 nitrogen and oxygen atoms in total. The highest BCUT2D eigenvalue weighted by Crippen LogP contribution is 2.44. The van der Waals surface area contributed by atoms with Gasteiger partial charge in [0, 0.05) is 5.54 Å². The molecular formula is C18H29N. The van der Waals surface area contributed by atoms with Gasteiger partial charge in [0.05, 0.1) is 0 Å². The van der Waals surface area contributed by atoms with Crippen molar-refractivity contribution < 1.29 is 0 Å². The molecule has 3 unspecified atom stereocenters. The smallest absolute Gasteiger partial charge is 0.0440 e. The lowest BCUT2D eigenvalue weighted by atomic mass is 9.64. The van der Waals surface area contributed by atoms with Gasteiger partial charge in [-0.15, -0.1) is 0 Å². The monoisotopic (exact) mass is 259 g/mol. The molecule has 0 amide bonds. The van der Waals surface area contributed by atoms with Crippen molar-refractivity contribution in [2.24, 2.45) is 17.6 Å². The molecule has 0 saturated heterocycles. The molecule has 1 aliphatic carbocycles. The Labute approximate surface area is 118 Å². The maximum absolute atomic E-state index is 6.97. The molecule has 0 spiro atoms. The summed E-state index contributed by atoms with van der Waals surface area (Å²) in [5.41, 5.74) is 8.21. The van der Waals surface area contributed by atoms with E-state index in [1.165, 1.54) is 44.1 Å². The molecule has 3 atom stereocenters. The Kier molecular flexibility index (Phi) is 5.04. The third kappa shape index (κ3) is 3.02. The van der Waals surface area contributed by atoms with Crippen molar-refractivity contribution in [1.82, 2.24) is 0 Å². The minimum atomic E-state index is -0.114. The molecule has 1 aromatic rings. The van der Waals surface area contributed by atoms with Crippen LogP contribution in [0, 0.1) is 11.8 Å². The van der Waals surface area contributed by atoms with Crippen LogP contribution in [0.3, 0.4) is 0 Å². The lowest BCUT2D eigenvalue weighted by Crippen LogP contribution is -2.48. The van der Waals surface area contributed by atoms with Crippen LogP contribution in [0.2, 0.25) is 0 Å². The largest absolute Gasteiger partial charge is 0.321 e. The van der Waals surface area contributed by atoms with Crippen LogP contribution in [0.15, 0.2) is 30.3 Å². The molecule has 1 heteroatoms. The first kappa shape index (κ1) is 14.6. The molecule has 2 N–H and O–H groups in total. The molecule has 0 aliphatic heterocycles. The molecule has 0 radical (unpaired) electrons. The molecular weight excluding hydrogens is 230 g/mol. The fourth-order valence-corrected chi connectivity index (χ4v) is 4.08. The zero-order chi connectivity index (χ0) is 13.7. The van der Waals surface area contributed by atoms with Crippen LogP contribution < -0.4 is 5.73 Å². The molecule has 1 saturated carbocycles. The van der Waals surface area contributed by atoms with Crippen molar-refractivity contribution in [2.45, 2.75) is 64.3 Å². The van der Waals surface area contributed by atoms with Gasteiger partial charge in [-0.3, -0.25) is 0 Å². The highest BCUT2D eigenvalue weighted by atomic mass is 14.8. The second-order valence-corrected chi connectivity index (χ2v) is 6.22. The van der Waals surface area contributed by atoms with Crippen molar-refractivity contribution >= 4 is 0 Å². The van der Waals surface area contributed by atoms with E-state index in [0.29, 0.717) is 5.92 Å². The topological polar surface area (TPSA) is 26.0 Å². The van der Waals surface area contributed by atoms with Gasteiger partial charge in [-0.2, -0.15) is 0 Å². The van der Waals surface area contributed by atoms with Crippen molar-refractivity contribution in [3.63, 3.8) is 0 Å². The van der Waals surface area contributed by atoms with Gasteiger partial charge in [0.2, 0.25) is 0 Å². The average molecular weight is 259 g/mol. The van der Waals surface area contributed by atoms with Crippen LogP contribution >= 0.6 is 0 Å². The van der Waals surface area contributed by atoms with E-state index in [9.17, 15) is 0 Å². The number of hydrogen-bond acceptors (Lipinski definition) is 1. The van der Waals surface area contributed by atoms with Crippen LogP contribution in [0.5, 0.6) is 0 Å². The van der Waals surface area contributed by atoms with Crippen LogP contribution in [0.4, 0.5) is 0 Å². The Morgan fingerprint density at radius 1 is 1.11 bits per heavy atom. The first-order chi connectivity index (χ1) is 9.22. The molecule has 1 aromatic carbocycles. The van der Waals surface area contributed by atoms with Crippen LogP contribution in [-0.2, 0) is 5.54 Å². The average Bonchev–Trinajstić information content (AvgIpc) is 2.48. The zero-order valence-electron chi connectivity index (χ0n) is 12.6. The van der Waals surface area contributed by atoms with Gasteiger partial charge in [0.25, 0.3) is 0 Å². The SMILES string of the molecule is CCCC(N)(c1ccccc1)C1CCCCC1CC. The molecule has 0 heterocycles. The second kappa shape index (κ2) is 6.56. The van der Waals surface area contributed by atoms with Gasteiger partial charge < -0.3 is 5.73 Å². The summed E-state index contributed by atoms with van der Waals surface area (Å²) in [5, 5.41) is 0. The third-order valence-electron chi connectivity index (χ3n) is 5.07. The highest BCUT2D eigenvalue weighted by Gasteiger charge is 2.40. The van der Waals surface area contributed by atoms with E-state index in [2.05, 4.69) is 44.2 Å². The summed E-state index contributed by atoms with van der Waals surface area (Å²) in [7, 11) is 0. The van der Waals surface area contributed by atoms with Crippen molar-refractivity contribution in [3.8, 4) is 0 Å². The highest BCUT2D eigenvalue weighted by molar-refractivity contribution is 5.25. The van der Waals surface area contributed by atoms with E-state index in [1.54, 1.807) is 0 Å². The van der Waals surface area contributed by atoms with Gasteiger partial charge in [-0.25, -0.2) is 0 Å². The Morgan fingerprint density at radius 3 is 2.42 bits per heavy atom. The summed E-state index contributed by atoms with van der Waals surface area (Å²) in [6.45, 7) is 4.59. The molecule has 2 rings (SSSR count). The number of hydrogen-bond donors (Lipinski definition) is 1. The first-order valence-corrected chi connectivity index (χ1v) is 8.06. The molecule has 19 heavy (non-hydrogen) atoms. The van der Waals surface area contributed by atoms with Gasteiger partial charge in [-0.05, 0) is 30.2 Å². The fraction of sp³-hybridized carbons (Fsp3) is 0.667. The lowest BCUT2D eigenvalue weighted by molar-refractivity contribution is 0.118. The summed E-state index contributed by atoms with van der Waals surface area (Å²) >= 11 is 0. The summed E-state index contributed by atoms with van der Waals surface area (Å²) < 4.78 is 0. The van der Waals surface area contributed by atoms with E-state index in [1.807, 2.05) is 0 Å². The van der Waals surface area contributed by atoms with E-state index >= 15 is 0 Å². The predicted molar refractivity (Wildman–Crippen MR) is 83.0 cm³/mol. The Morgan fingerprint density at radius 2 is 1.79 bits per heavy atom. The Balaban J connectivity index is 2.32. The van der Waals surface area contributed by atoms with Gasteiger partial charge >= 0.3 is 0 Å². The van der Waals surface area contributed by atoms with Gasteiger partial charge in [0.15, 0.2) is 0 Å². The van der Waals surface area contributed by atoms with Gasteiger partial charge in [0.1, 0.15) is 0 Å². The number of nitrogens with two attached hydrogens (primary N) is 1. The predicted octanol–water partition coefficient (Wildman–Crippen LogP) is 4.86. The maximum atomic E-state index is 6.97. The summed E-state index contributed by atoms with van der Waals surface area (Å²) in [6.07, 6.45) is 8.99. The van der Waals surface area contributed by atoms with Crippen LogP contribution in [-0.4, -0.2) is 0 Å². The van der Waals surface area contributed by atoms with Crippen LogP contribution in [0.1, 0.15) is 64.4 Å². The number of rotatable bonds is 5. The summed E-state index contributed by atoms with van der Waals surface area (Å²) in [4.78, 5) is 0.